The first-order valence-corrected chi connectivity index (χ1v) is 6.50. The Hall–Kier alpha value is -1.82. The number of carboxylic acid groups (broad SMARTS) is 1. The molecule has 0 amide bonds. The van der Waals surface area contributed by atoms with E-state index in [1.807, 2.05) is 0 Å². The minimum absolute atomic E-state index is 0.121. The van der Waals surface area contributed by atoms with Crippen molar-refractivity contribution in [3.05, 3.63) is 17.8 Å². The van der Waals surface area contributed by atoms with Gasteiger partial charge in [0, 0.05) is 25.7 Å². The van der Waals surface area contributed by atoms with Gasteiger partial charge >= 0.3 is 5.97 Å². The van der Waals surface area contributed by atoms with Crippen LogP contribution in [0.4, 0.5) is 11.5 Å². The molecule has 2 heterocycles. The van der Waals surface area contributed by atoms with E-state index in [1.54, 1.807) is 6.07 Å². The molecule has 0 bridgehead atoms. The fraction of sp³-hybridized carbons (Fsp3) is 0.538. The summed E-state index contributed by atoms with van der Waals surface area (Å²) in [4.78, 5) is 19.8. The average Bonchev–Trinajstić information content (AvgIpc) is 2.38. The first-order valence-electron chi connectivity index (χ1n) is 6.50. The number of aromatic carboxylic acids is 1. The molecule has 3 N–H and O–H groups in total. The summed E-state index contributed by atoms with van der Waals surface area (Å²) in [6.45, 7) is 8.02. The lowest BCUT2D eigenvalue weighted by atomic mass is 10.1. The molecule has 1 aromatic heterocycles. The molecule has 1 aliphatic heterocycles. The molecule has 0 radical (unpaired) electrons. The van der Waals surface area contributed by atoms with E-state index in [4.69, 9.17) is 10.8 Å². The van der Waals surface area contributed by atoms with Crippen molar-refractivity contribution in [1.82, 2.24) is 9.88 Å². The van der Waals surface area contributed by atoms with E-state index in [2.05, 4.69) is 28.6 Å². The zero-order valence-electron chi connectivity index (χ0n) is 11.3. The third-order valence-corrected chi connectivity index (χ3v) is 3.65. The predicted octanol–water partition coefficient (Wildman–Crippen LogP) is 0.892. The average molecular weight is 264 g/mol. The van der Waals surface area contributed by atoms with Crippen LogP contribution in [0.3, 0.4) is 0 Å². The number of carboxylic acids is 1. The number of hydrogen-bond donors (Lipinski definition) is 2. The first-order chi connectivity index (χ1) is 9.02. The van der Waals surface area contributed by atoms with Crippen LogP contribution in [0, 0.1) is 0 Å². The molecule has 1 atom stereocenters. The van der Waals surface area contributed by atoms with Gasteiger partial charge in [-0.15, -0.1) is 0 Å². The maximum Gasteiger partial charge on any atom is 0.337 e. The number of nitrogen functional groups attached to an aromatic ring is 1. The monoisotopic (exact) mass is 264 g/mol. The van der Waals surface area contributed by atoms with Crippen LogP contribution in [0.5, 0.6) is 0 Å². The Balaban J connectivity index is 2.19. The molecule has 0 aliphatic carbocycles. The van der Waals surface area contributed by atoms with Gasteiger partial charge < -0.3 is 15.7 Å². The van der Waals surface area contributed by atoms with Crippen LogP contribution in [-0.2, 0) is 0 Å². The minimum Gasteiger partial charge on any atom is -0.478 e. The van der Waals surface area contributed by atoms with Gasteiger partial charge in [-0.25, -0.2) is 9.78 Å². The lowest BCUT2D eigenvalue weighted by molar-refractivity contribution is 0.0698. The highest BCUT2D eigenvalue weighted by Crippen LogP contribution is 2.21. The van der Waals surface area contributed by atoms with Crippen molar-refractivity contribution in [1.29, 1.82) is 0 Å². The van der Waals surface area contributed by atoms with Crippen molar-refractivity contribution < 1.29 is 9.90 Å². The molecule has 0 spiro atoms. The number of piperazine rings is 1. The number of pyridine rings is 1. The SMILES string of the molecule is CCN1CCN(c2cc(C(=O)O)c(N)cn2)CC1C. The van der Waals surface area contributed by atoms with E-state index >= 15 is 0 Å². The van der Waals surface area contributed by atoms with Gasteiger partial charge in [0.15, 0.2) is 0 Å². The number of nitrogens with zero attached hydrogens (tertiary/aromatic N) is 3. The van der Waals surface area contributed by atoms with Crippen LogP contribution in [0.1, 0.15) is 24.2 Å². The number of rotatable bonds is 3. The van der Waals surface area contributed by atoms with Crippen LogP contribution in [0.25, 0.3) is 0 Å². The molecule has 1 aromatic rings. The Kier molecular flexibility index (Phi) is 3.90. The second-order valence-electron chi connectivity index (χ2n) is 4.86. The largest absolute Gasteiger partial charge is 0.478 e. The third kappa shape index (κ3) is 2.78. The molecule has 6 nitrogen and oxygen atoms in total. The summed E-state index contributed by atoms with van der Waals surface area (Å²) < 4.78 is 0. The smallest absolute Gasteiger partial charge is 0.337 e. The summed E-state index contributed by atoms with van der Waals surface area (Å²) in [5.41, 5.74) is 5.95. The Morgan fingerprint density at radius 1 is 1.58 bits per heavy atom. The third-order valence-electron chi connectivity index (χ3n) is 3.65. The maximum absolute atomic E-state index is 11.1. The number of aromatic nitrogens is 1. The number of likely N-dealkylation sites (N-methyl/N-ethyl adjacent to an activating group) is 1. The van der Waals surface area contributed by atoms with Crippen LogP contribution in [-0.4, -0.2) is 53.2 Å². The van der Waals surface area contributed by atoms with Crippen molar-refractivity contribution >= 4 is 17.5 Å². The van der Waals surface area contributed by atoms with Gasteiger partial charge in [-0.3, -0.25) is 4.90 Å². The van der Waals surface area contributed by atoms with Gasteiger partial charge in [-0.05, 0) is 19.5 Å². The lowest BCUT2D eigenvalue weighted by Crippen LogP contribution is -2.52. The topological polar surface area (TPSA) is 82.7 Å². The minimum atomic E-state index is -1.01. The molecule has 1 saturated heterocycles. The van der Waals surface area contributed by atoms with Gasteiger partial charge in [0.25, 0.3) is 0 Å². The van der Waals surface area contributed by atoms with Gasteiger partial charge in [-0.1, -0.05) is 6.92 Å². The van der Waals surface area contributed by atoms with Crippen LogP contribution in [0.2, 0.25) is 0 Å². The molecule has 19 heavy (non-hydrogen) atoms. The second-order valence-corrected chi connectivity index (χ2v) is 4.86. The summed E-state index contributed by atoms with van der Waals surface area (Å²) in [6, 6.07) is 2.00. The van der Waals surface area contributed by atoms with Gasteiger partial charge in [-0.2, -0.15) is 0 Å². The van der Waals surface area contributed by atoms with E-state index < -0.39 is 5.97 Å². The Morgan fingerprint density at radius 3 is 2.89 bits per heavy atom. The Labute approximate surface area is 112 Å². The predicted molar refractivity (Wildman–Crippen MR) is 74.5 cm³/mol. The Morgan fingerprint density at radius 2 is 2.32 bits per heavy atom. The molecular formula is C13H20N4O2. The summed E-state index contributed by atoms with van der Waals surface area (Å²) in [5.74, 6) is -0.324. The maximum atomic E-state index is 11.1. The molecule has 6 heteroatoms. The molecule has 0 aromatic carbocycles. The summed E-state index contributed by atoms with van der Waals surface area (Å²) in [5, 5.41) is 9.09. The Bertz CT molecular complexity index is 478. The fourth-order valence-corrected chi connectivity index (χ4v) is 2.49. The van der Waals surface area contributed by atoms with Crippen molar-refractivity contribution in [2.75, 3.05) is 36.8 Å². The zero-order valence-corrected chi connectivity index (χ0v) is 11.3. The number of anilines is 2. The number of hydrogen-bond acceptors (Lipinski definition) is 5. The molecule has 104 valence electrons. The number of carbonyl (C=O) groups is 1. The van der Waals surface area contributed by atoms with Crippen molar-refractivity contribution in [3.8, 4) is 0 Å². The van der Waals surface area contributed by atoms with Crippen molar-refractivity contribution in [3.63, 3.8) is 0 Å². The second kappa shape index (κ2) is 5.44. The molecule has 2 rings (SSSR count). The molecule has 1 fully saturated rings. The standard InChI is InChI=1S/C13H20N4O2/c1-3-16-4-5-17(8-9(16)2)12-6-10(13(18)19)11(14)7-15-12/h6-7,9H,3-5,8,14H2,1-2H3,(H,18,19). The van der Waals surface area contributed by atoms with E-state index in [0.717, 1.165) is 26.2 Å². The fourth-order valence-electron chi connectivity index (χ4n) is 2.49. The van der Waals surface area contributed by atoms with E-state index in [9.17, 15) is 4.79 Å². The van der Waals surface area contributed by atoms with Gasteiger partial charge in [0.2, 0.25) is 0 Å². The highest BCUT2D eigenvalue weighted by Gasteiger charge is 2.24. The first kappa shape index (κ1) is 13.6. The molecule has 1 aliphatic rings. The molecule has 1 unspecified atom stereocenters. The summed E-state index contributed by atoms with van der Waals surface area (Å²) in [7, 11) is 0. The number of nitrogens with two attached hydrogens (primary N) is 1. The van der Waals surface area contributed by atoms with Crippen LogP contribution >= 0.6 is 0 Å². The lowest BCUT2D eigenvalue weighted by Gasteiger charge is -2.40. The van der Waals surface area contributed by atoms with Crippen molar-refractivity contribution in [2.24, 2.45) is 0 Å². The molecular weight excluding hydrogens is 244 g/mol. The summed E-state index contributed by atoms with van der Waals surface area (Å²) in [6.07, 6.45) is 1.43. The van der Waals surface area contributed by atoms with E-state index in [-0.39, 0.29) is 11.3 Å². The molecule has 0 saturated carbocycles. The normalized spacial score (nSPS) is 20.5. The van der Waals surface area contributed by atoms with E-state index in [0.29, 0.717) is 11.9 Å². The van der Waals surface area contributed by atoms with Crippen LogP contribution < -0.4 is 10.6 Å². The van der Waals surface area contributed by atoms with Gasteiger partial charge in [0.05, 0.1) is 17.4 Å². The van der Waals surface area contributed by atoms with Gasteiger partial charge in [0.1, 0.15) is 5.82 Å². The highest BCUT2D eigenvalue weighted by atomic mass is 16.4. The van der Waals surface area contributed by atoms with Crippen molar-refractivity contribution in [2.45, 2.75) is 19.9 Å². The van der Waals surface area contributed by atoms with E-state index in [1.165, 1.54) is 6.20 Å². The zero-order chi connectivity index (χ0) is 14.0. The quantitative estimate of drug-likeness (QED) is 0.843. The van der Waals surface area contributed by atoms with Crippen LogP contribution in [0.15, 0.2) is 12.3 Å². The highest BCUT2D eigenvalue weighted by molar-refractivity contribution is 5.94. The summed E-state index contributed by atoms with van der Waals surface area (Å²) >= 11 is 0.